The number of carboxylic acids is 1. The first kappa shape index (κ1) is 49.1. The number of nitrogens with one attached hydrogen (secondary N) is 2. The van der Waals surface area contributed by atoms with Gasteiger partial charge in [-0.2, -0.15) is 13.2 Å². The van der Waals surface area contributed by atoms with Crippen molar-refractivity contribution in [3.8, 4) is 22.5 Å². The number of aliphatic hydroxyl groups excluding tert-OH is 1. The van der Waals surface area contributed by atoms with Crippen molar-refractivity contribution in [3.63, 3.8) is 0 Å². The number of fused-ring (bicyclic) bond motifs is 2. The number of halogens is 3. The topological polar surface area (TPSA) is 184 Å². The maximum Gasteiger partial charge on any atom is 0.408 e. The zero-order chi connectivity index (χ0) is 47.7. The number of hydrogen-bond acceptors (Lipinski definition) is 13. The lowest BCUT2D eigenvalue weighted by Crippen LogP contribution is -2.60. The molecule has 1 aromatic carbocycles. The number of aromatic nitrogens is 3. The SMILES string of the molecule is COC(C)c1ncc(N2CCN3CCOC[C@@H]3C2)cc1-c1c(CC(C)(C)CO)c2cc(-c3csc(CC(NC(=O)OC(C)(C)C)C(=O)N4CCC[C@@H](C(=O)O)N4)n3)ccc2n1CC(F)(F)F. The quantitative estimate of drug-likeness (QED) is 0.112. The van der Waals surface area contributed by atoms with Crippen LogP contribution in [-0.4, -0.2) is 142 Å². The van der Waals surface area contributed by atoms with Gasteiger partial charge in [-0.3, -0.25) is 24.5 Å². The third-order valence-electron chi connectivity index (χ3n) is 12.3. The van der Waals surface area contributed by atoms with Gasteiger partial charge in [0.2, 0.25) is 0 Å². The number of methoxy groups -OCH3 is 1. The second-order valence-electron chi connectivity index (χ2n) is 19.2. The highest BCUT2D eigenvalue weighted by Gasteiger charge is 2.37. The van der Waals surface area contributed by atoms with E-state index in [1.165, 1.54) is 28.0 Å². The molecular weight excluding hydrogens is 882 g/mol. The van der Waals surface area contributed by atoms with Crippen molar-refractivity contribution in [2.24, 2.45) is 5.41 Å². The van der Waals surface area contributed by atoms with E-state index in [9.17, 15) is 37.8 Å². The lowest BCUT2D eigenvalue weighted by molar-refractivity contribution is -0.147. The number of rotatable bonds is 14. The Morgan fingerprint density at radius 1 is 1.09 bits per heavy atom. The van der Waals surface area contributed by atoms with E-state index in [0.717, 1.165) is 18.8 Å². The van der Waals surface area contributed by atoms with Crippen molar-refractivity contribution in [3.05, 3.63) is 52.1 Å². The Labute approximate surface area is 386 Å². The molecule has 7 rings (SSSR count). The molecule has 0 aliphatic carbocycles. The lowest BCUT2D eigenvalue weighted by atomic mass is 9.84. The molecule has 0 radical (unpaired) electrons. The van der Waals surface area contributed by atoms with Crippen LogP contribution >= 0.6 is 11.3 Å². The lowest BCUT2D eigenvalue weighted by Gasteiger charge is -2.44. The van der Waals surface area contributed by atoms with Gasteiger partial charge in [-0.25, -0.2) is 15.2 Å². The zero-order valence-electron chi connectivity index (χ0n) is 38.5. The van der Waals surface area contributed by atoms with E-state index in [1.807, 2.05) is 32.9 Å². The van der Waals surface area contributed by atoms with E-state index in [2.05, 4.69) is 20.5 Å². The summed E-state index contributed by atoms with van der Waals surface area (Å²) in [6, 6.07) is 5.12. The average molecular weight is 943 g/mol. The van der Waals surface area contributed by atoms with Gasteiger partial charge in [0, 0.05) is 80.3 Å². The number of aliphatic carboxylic acids is 1. The number of hydrazine groups is 1. The summed E-state index contributed by atoms with van der Waals surface area (Å²) < 4.78 is 62.9. The molecule has 0 saturated carbocycles. The number of ether oxygens (including phenoxy) is 3. The van der Waals surface area contributed by atoms with Crippen LogP contribution in [0, 0.1) is 5.41 Å². The fourth-order valence-electron chi connectivity index (χ4n) is 8.86. The summed E-state index contributed by atoms with van der Waals surface area (Å²) >= 11 is 1.24. The predicted octanol–water partition coefficient (Wildman–Crippen LogP) is 6.19. The molecule has 2 unspecified atom stereocenters. The first-order chi connectivity index (χ1) is 31.1. The molecule has 2 amide bonds. The number of carbonyl (C=O) groups excluding carboxylic acids is 2. The van der Waals surface area contributed by atoms with Crippen molar-refractivity contribution in [2.75, 3.05) is 64.6 Å². The number of pyridine rings is 1. The molecule has 4 aromatic rings. The number of morpholine rings is 1. The second-order valence-corrected chi connectivity index (χ2v) is 20.1. The summed E-state index contributed by atoms with van der Waals surface area (Å²) in [5.41, 5.74) is 5.23. The first-order valence-electron chi connectivity index (χ1n) is 22.3. The van der Waals surface area contributed by atoms with Gasteiger partial charge >= 0.3 is 18.2 Å². The number of carboxylic acid groups (broad SMARTS) is 1. The number of alkyl carbamates (subject to hydrolysis) is 1. The van der Waals surface area contributed by atoms with Crippen LogP contribution < -0.4 is 15.6 Å². The Morgan fingerprint density at radius 2 is 1.86 bits per heavy atom. The molecule has 0 bridgehead atoms. The highest BCUT2D eigenvalue weighted by atomic mass is 32.1. The number of aliphatic hydroxyl groups is 1. The van der Waals surface area contributed by atoms with Crippen molar-refractivity contribution in [2.45, 2.75) is 110 Å². The van der Waals surface area contributed by atoms with Crippen molar-refractivity contribution < 1.29 is 52.0 Å². The van der Waals surface area contributed by atoms with Crippen molar-refractivity contribution in [1.29, 1.82) is 0 Å². The molecule has 3 aliphatic rings. The minimum atomic E-state index is -4.61. The number of anilines is 1. The molecule has 3 saturated heterocycles. The van der Waals surface area contributed by atoms with Gasteiger partial charge in [0.25, 0.3) is 5.91 Å². The predicted molar refractivity (Wildman–Crippen MR) is 243 cm³/mol. The molecule has 360 valence electrons. The molecular formula is C46H61F3N8O8S. The Morgan fingerprint density at radius 3 is 2.56 bits per heavy atom. The number of nitrogens with zero attached hydrogens (tertiary/aromatic N) is 6. The van der Waals surface area contributed by atoms with Crippen LogP contribution in [0.3, 0.4) is 0 Å². The van der Waals surface area contributed by atoms with Gasteiger partial charge in [0.15, 0.2) is 0 Å². The van der Waals surface area contributed by atoms with Crippen LogP contribution in [0.2, 0.25) is 0 Å². The number of benzene rings is 1. The second kappa shape index (κ2) is 19.8. The van der Waals surface area contributed by atoms with Crippen LogP contribution in [-0.2, 0) is 43.2 Å². The molecule has 3 aliphatic heterocycles. The summed E-state index contributed by atoms with van der Waals surface area (Å²) in [5, 5.41) is 26.9. The first-order valence-corrected chi connectivity index (χ1v) is 23.2. The summed E-state index contributed by atoms with van der Waals surface area (Å²) in [6.45, 7) is 13.6. The standard InChI is InChI=1S/C46H61F3N8O8S/c1-27(63-7)39-32(18-29(21-50-39)55-14-13-54-15-16-64-23-30(54)22-55)40-33(20-45(5,6)26-58)31-17-28(10-11-37(31)56(40)25-46(47,48)49)36-24-66-38(51-36)19-35(52-43(62)65-44(2,3)4)41(59)57-12-8-9-34(53-57)42(60)61/h10-11,17-18,21,24,27,30,34-35,53,58H,8-9,12-16,19-20,22-23,25-26H2,1-7H3,(H,52,62)(H,60,61)/t27?,30-,34-,35?/m0/s1. The van der Waals surface area contributed by atoms with Crippen molar-refractivity contribution >= 4 is 45.9 Å². The third kappa shape index (κ3) is 11.4. The van der Waals surface area contributed by atoms with Crippen LogP contribution in [0.15, 0.2) is 35.8 Å². The zero-order valence-corrected chi connectivity index (χ0v) is 39.4. The monoisotopic (exact) mass is 942 g/mol. The molecule has 3 fully saturated rings. The smallest absolute Gasteiger partial charge is 0.408 e. The number of amides is 2. The number of alkyl halides is 3. The Hall–Kier alpha value is -4.86. The Bertz CT molecular complexity index is 2400. The average Bonchev–Trinajstić information content (AvgIpc) is 3.85. The maximum absolute atomic E-state index is 14.8. The van der Waals surface area contributed by atoms with Crippen LogP contribution in [0.5, 0.6) is 0 Å². The molecule has 66 heavy (non-hydrogen) atoms. The van der Waals surface area contributed by atoms with Gasteiger partial charge in [-0.1, -0.05) is 19.9 Å². The van der Waals surface area contributed by atoms with E-state index in [0.29, 0.717) is 88.8 Å². The van der Waals surface area contributed by atoms with E-state index in [4.69, 9.17) is 24.2 Å². The van der Waals surface area contributed by atoms with E-state index < -0.39 is 59.9 Å². The third-order valence-corrected chi connectivity index (χ3v) is 13.1. The number of thiazole rings is 1. The minimum absolute atomic E-state index is 0.0599. The number of carbonyl (C=O) groups is 3. The van der Waals surface area contributed by atoms with Gasteiger partial charge in [-0.05, 0) is 76.1 Å². The molecule has 3 aromatic heterocycles. The molecule has 4 atom stereocenters. The minimum Gasteiger partial charge on any atom is -0.480 e. The summed E-state index contributed by atoms with van der Waals surface area (Å²) in [4.78, 5) is 53.1. The largest absolute Gasteiger partial charge is 0.480 e. The van der Waals surface area contributed by atoms with Crippen LogP contribution in [0.4, 0.5) is 23.7 Å². The summed E-state index contributed by atoms with van der Waals surface area (Å²) in [7, 11) is 1.53. The maximum atomic E-state index is 14.8. The van der Waals surface area contributed by atoms with Gasteiger partial charge in [0.1, 0.15) is 24.2 Å². The van der Waals surface area contributed by atoms with Gasteiger partial charge in [-0.15, -0.1) is 11.3 Å². The van der Waals surface area contributed by atoms with Gasteiger partial charge in [0.05, 0.1) is 59.3 Å². The molecule has 6 heterocycles. The molecule has 16 nitrogen and oxygen atoms in total. The van der Waals surface area contributed by atoms with Crippen LogP contribution in [0.1, 0.15) is 76.8 Å². The molecule has 0 spiro atoms. The highest BCUT2D eigenvalue weighted by Crippen LogP contribution is 2.44. The Kier molecular flexibility index (Phi) is 14.7. The fraction of sp³-hybridized carbons (Fsp3) is 0.587. The van der Waals surface area contributed by atoms with Crippen LogP contribution in [0.25, 0.3) is 33.4 Å². The van der Waals surface area contributed by atoms with E-state index in [-0.39, 0.29) is 32.0 Å². The van der Waals surface area contributed by atoms with Gasteiger partial charge < -0.3 is 39.2 Å². The summed E-state index contributed by atoms with van der Waals surface area (Å²) in [5.74, 6) is -1.67. The van der Waals surface area contributed by atoms with E-state index in [1.54, 1.807) is 44.5 Å². The highest BCUT2D eigenvalue weighted by molar-refractivity contribution is 7.10. The Balaban J connectivity index is 1.31. The molecule has 4 N–H and O–H groups in total. The summed E-state index contributed by atoms with van der Waals surface area (Å²) in [6.07, 6.45) is -3.35. The number of hydrogen-bond donors (Lipinski definition) is 4. The number of piperazine rings is 1. The molecule has 20 heteroatoms. The van der Waals surface area contributed by atoms with E-state index >= 15 is 0 Å². The fourth-order valence-corrected chi connectivity index (χ4v) is 9.72. The van der Waals surface area contributed by atoms with Crippen molar-refractivity contribution in [1.82, 2.24) is 35.2 Å². The normalized spacial score (nSPS) is 19.7.